The molecule has 4 aliphatic carbocycles. The zero-order valence-corrected chi connectivity index (χ0v) is 43.7. The first kappa shape index (κ1) is 59.0. The molecule has 2 saturated heterocycles. The molecule has 10 atom stereocenters. The maximum atomic E-state index is 5.89. The number of hydrogen-bond donors (Lipinski definition) is 0. The predicted octanol–water partition coefficient (Wildman–Crippen LogP) is 13.4. The van der Waals surface area contributed by atoms with Gasteiger partial charge < -0.3 is 54.5 Å². The molecule has 4 nitrogen and oxygen atoms in total. The van der Waals surface area contributed by atoms with Gasteiger partial charge in [0.25, 0.3) is 0 Å². The summed E-state index contributed by atoms with van der Waals surface area (Å²) in [6, 6.07) is 1.63. The van der Waals surface area contributed by atoms with E-state index in [2.05, 4.69) is 77.5 Å². The van der Waals surface area contributed by atoms with Crippen molar-refractivity contribution in [2.75, 3.05) is 26.2 Å². The first-order valence-corrected chi connectivity index (χ1v) is 26.1. The van der Waals surface area contributed by atoms with E-state index in [9.17, 15) is 0 Å². The van der Waals surface area contributed by atoms with Crippen molar-refractivity contribution < 1.29 is 43.4 Å². The molecule has 0 amide bonds. The Bertz CT molecular complexity index is 923. The molecule has 8 heteroatoms. The third-order valence-electron chi connectivity index (χ3n) is 13.9. The molecular weight excluding hydrogens is 748 g/mol. The molecule has 2 heterocycles. The van der Waals surface area contributed by atoms with Crippen LogP contribution in [0.1, 0.15) is 125 Å². The van der Waals surface area contributed by atoms with Gasteiger partial charge in [-0.2, -0.15) is 0 Å². The van der Waals surface area contributed by atoms with Gasteiger partial charge in [-0.1, -0.05) is 134 Å². The van der Waals surface area contributed by atoms with Gasteiger partial charge in [-0.05, 0) is 107 Å². The summed E-state index contributed by atoms with van der Waals surface area (Å²) in [5.74, 6) is 5.34. The Hall–Kier alpha value is 1.70. The van der Waals surface area contributed by atoms with Crippen molar-refractivity contribution in [3.63, 3.8) is 0 Å². The zero-order valence-electron chi connectivity index (χ0n) is 38.6. The molecule has 6 rings (SSSR count). The number of fused-ring (bicyclic) bond motifs is 2. The summed E-state index contributed by atoms with van der Waals surface area (Å²) in [4.78, 5) is 17.9. The Morgan fingerprint density at radius 3 is 0.981 bits per heavy atom. The first-order chi connectivity index (χ1) is 21.1. The number of nitrogens with zero attached hydrogens (tertiary/aromatic N) is 4. The summed E-state index contributed by atoms with van der Waals surface area (Å²) >= 11 is 0. The van der Waals surface area contributed by atoms with E-state index >= 15 is 0 Å². The third-order valence-corrected chi connectivity index (χ3v) is 21.4. The average Bonchev–Trinajstić information content (AvgIpc) is 3.70. The minimum Gasteiger partial charge on any atom is -0.660 e. The SMILES string of the molecule is CC(C)(C)[N-][Si](C)(C)C1C2CCCCC2C(N2CCCC2)C1CC1C(N2CCCC2)C2CCCCC2C1[Si](C)(C)[N-]C(C)(C)C.[CH3-].[CH3-].[CH3-].[CH3-].[CH3-].[CH3-].[Ti+4].[Ti+4]. The minimum atomic E-state index is -1.87. The summed E-state index contributed by atoms with van der Waals surface area (Å²) in [6.07, 6.45) is 19.0. The van der Waals surface area contributed by atoms with E-state index < -0.39 is 16.5 Å². The quantitative estimate of drug-likeness (QED) is 0.180. The van der Waals surface area contributed by atoms with Gasteiger partial charge in [0, 0.05) is 12.1 Å². The van der Waals surface area contributed by atoms with Crippen LogP contribution in [0.3, 0.4) is 0 Å². The van der Waals surface area contributed by atoms with E-state index in [1.165, 1.54) is 110 Å². The second-order valence-electron chi connectivity index (χ2n) is 20.2. The molecule has 0 N–H and O–H groups in total. The van der Waals surface area contributed by atoms with Gasteiger partial charge in [0.2, 0.25) is 0 Å². The second kappa shape index (κ2) is 22.9. The molecule has 0 bridgehead atoms. The summed E-state index contributed by atoms with van der Waals surface area (Å²) in [5.41, 5.74) is 1.83. The van der Waals surface area contributed by atoms with Gasteiger partial charge in [0.15, 0.2) is 0 Å². The van der Waals surface area contributed by atoms with Gasteiger partial charge in [-0.15, -0.1) is 11.1 Å². The fourth-order valence-electron chi connectivity index (χ4n) is 13.8. The largest absolute Gasteiger partial charge is 4.00 e. The number of likely N-dealkylation sites (tertiary alicyclic amines) is 2. The molecule has 10 unspecified atom stereocenters. The van der Waals surface area contributed by atoms with Crippen LogP contribution in [0.2, 0.25) is 37.3 Å². The van der Waals surface area contributed by atoms with Crippen LogP contribution < -0.4 is 0 Å². The topological polar surface area (TPSA) is 34.7 Å². The molecule has 6 aliphatic rings. The molecule has 4 saturated carbocycles. The molecule has 53 heavy (non-hydrogen) atoms. The van der Waals surface area contributed by atoms with Crippen LogP contribution >= 0.6 is 0 Å². The van der Waals surface area contributed by atoms with Crippen LogP contribution in [-0.4, -0.2) is 75.6 Å². The van der Waals surface area contributed by atoms with Gasteiger partial charge in [-0.3, -0.25) is 9.80 Å². The molecule has 0 spiro atoms. The molecule has 0 aromatic heterocycles. The maximum Gasteiger partial charge on any atom is 4.00 e. The summed E-state index contributed by atoms with van der Waals surface area (Å²) in [5, 5.41) is 0. The summed E-state index contributed by atoms with van der Waals surface area (Å²) in [7, 11) is -3.73. The van der Waals surface area contributed by atoms with E-state index in [0.717, 1.165) is 58.7 Å². The van der Waals surface area contributed by atoms with Crippen LogP contribution in [0.5, 0.6) is 0 Å². The third kappa shape index (κ3) is 12.8. The van der Waals surface area contributed by atoms with Crippen molar-refractivity contribution in [3.05, 3.63) is 54.5 Å². The molecule has 0 aromatic carbocycles. The van der Waals surface area contributed by atoms with Crippen molar-refractivity contribution in [1.29, 1.82) is 0 Å². The monoisotopic (exact) mass is 841 g/mol. The maximum absolute atomic E-state index is 5.89. The van der Waals surface area contributed by atoms with E-state index in [-0.39, 0.29) is 99.1 Å². The fraction of sp³-hybridized carbons (Fsp3) is 0.867. The molecular formula is C45H92N4Si2Ti2. The predicted molar refractivity (Wildman–Crippen MR) is 239 cm³/mol. The number of hydrogen-bond acceptors (Lipinski definition) is 2. The molecule has 0 radical (unpaired) electrons. The van der Waals surface area contributed by atoms with Crippen molar-refractivity contribution >= 4 is 16.5 Å². The van der Waals surface area contributed by atoms with Gasteiger partial charge in [0.05, 0.1) is 0 Å². The second-order valence-corrected chi connectivity index (χ2v) is 28.6. The molecule has 6 fully saturated rings. The standard InChI is InChI=1S/C39H74N4Si2.6CH3.2Ti/c1-38(2,3)40-44(7,8)36-30-21-13-11-19-28(30)34(42-23-15-16-24-42)32(36)27-33-35(43-25-17-18-26-43)29-20-12-14-22-31(29)37(33)45(9,10)41-39(4,5)6;;;;;;;;/h28-37H,11-27H2,1-10H3;6*1H3;;/q-2;6*-1;2*+4. The van der Waals surface area contributed by atoms with E-state index in [4.69, 9.17) is 9.96 Å². The Morgan fingerprint density at radius 1 is 0.453 bits per heavy atom. The summed E-state index contributed by atoms with van der Waals surface area (Å²) in [6.45, 7) is 30.7. The molecule has 2 aliphatic heterocycles. The first-order valence-electron chi connectivity index (χ1n) is 20.0. The normalized spacial score (nSPS) is 34.5. The van der Waals surface area contributed by atoms with Crippen molar-refractivity contribution in [2.24, 2.45) is 35.5 Å². The van der Waals surface area contributed by atoms with E-state index in [0.29, 0.717) is 0 Å². The van der Waals surface area contributed by atoms with Crippen LogP contribution in [-0.2, 0) is 43.4 Å². The Labute approximate surface area is 368 Å². The van der Waals surface area contributed by atoms with Gasteiger partial charge >= 0.3 is 43.4 Å². The Morgan fingerprint density at radius 2 is 0.717 bits per heavy atom. The smallest absolute Gasteiger partial charge is 0.660 e. The van der Waals surface area contributed by atoms with Crippen molar-refractivity contribution in [2.45, 2.75) is 185 Å². The Balaban J connectivity index is -0.00000312. The molecule has 0 aromatic rings. The van der Waals surface area contributed by atoms with Crippen LogP contribution in [0, 0.1) is 80.1 Å². The van der Waals surface area contributed by atoms with Crippen LogP contribution in [0.25, 0.3) is 9.96 Å². The van der Waals surface area contributed by atoms with Crippen LogP contribution in [0.15, 0.2) is 0 Å². The molecule has 308 valence electrons. The van der Waals surface area contributed by atoms with Crippen molar-refractivity contribution in [1.82, 2.24) is 9.80 Å². The van der Waals surface area contributed by atoms with Crippen LogP contribution in [0.4, 0.5) is 0 Å². The minimum absolute atomic E-state index is 0. The zero-order chi connectivity index (χ0) is 32.4. The fourth-order valence-corrected chi connectivity index (χ4v) is 23.3. The van der Waals surface area contributed by atoms with Gasteiger partial charge in [0.1, 0.15) is 0 Å². The van der Waals surface area contributed by atoms with Crippen molar-refractivity contribution in [3.8, 4) is 0 Å². The Kier molecular flexibility index (Phi) is 25.5. The van der Waals surface area contributed by atoms with E-state index in [1.54, 1.807) is 0 Å². The van der Waals surface area contributed by atoms with Gasteiger partial charge in [-0.25, -0.2) is 0 Å². The average molecular weight is 841 g/mol. The van der Waals surface area contributed by atoms with E-state index in [1.807, 2.05) is 0 Å². The number of rotatable bonds is 8. The summed E-state index contributed by atoms with van der Waals surface area (Å²) < 4.78 is 0.